The van der Waals surface area contributed by atoms with E-state index in [4.69, 9.17) is 11.3 Å². The molecule has 3 spiro atoms. The van der Waals surface area contributed by atoms with Crippen LogP contribution in [0, 0.1) is 0 Å². The number of allylic oxidation sites excluding steroid dienone is 4. The number of para-hydroxylation sites is 2. The summed E-state index contributed by atoms with van der Waals surface area (Å²) in [5, 5.41) is 0. The second-order valence-corrected chi connectivity index (χ2v) is 24.0. The molecule has 6 aliphatic rings. The van der Waals surface area contributed by atoms with Gasteiger partial charge in [0.1, 0.15) is 11.5 Å². The van der Waals surface area contributed by atoms with Crippen molar-refractivity contribution in [3.05, 3.63) is 352 Å². The Morgan fingerprint density at radius 3 is 1.14 bits per heavy atom. The first-order chi connectivity index (χ1) is 39.5. The Morgan fingerprint density at radius 1 is 0.362 bits per heavy atom. The summed E-state index contributed by atoms with van der Waals surface area (Å²) in [5.41, 5.74) is 24.0. The van der Waals surface area contributed by atoms with Gasteiger partial charge in [0.05, 0.1) is 16.2 Å². The zero-order valence-electron chi connectivity index (χ0n) is 43.8. The number of rotatable bonds is 5. The van der Waals surface area contributed by atoms with E-state index in [1.165, 1.54) is 109 Å². The van der Waals surface area contributed by atoms with E-state index in [0.717, 1.165) is 39.7 Å². The van der Waals surface area contributed by atoms with Gasteiger partial charge in [-0.1, -0.05) is 230 Å². The van der Waals surface area contributed by atoms with Gasteiger partial charge in [-0.05, 0) is 163 Å². The SMILES string of the molecule is C=C(/C=C\C1=C(C)C2(c3ccccc3Oc3ccccc32)c2ccccc21)N(c1ccc2c(c1)C1(c3ccccc3Sc3ccccc31)c1ccccc1-2)c1ccc2c(c1)C1(c3ccccc3Sc3ccccc31)c1ccccc1-2. The summed E-state index contributed by atoms with van der Waals surface area (Å²) in [6.07, 6.45) is 4.61. The van der Waals surface area contributed by atoms with Crippen LogP contribution in [0.3, 0.4) is 0 Å². The first-order valence-corrected chi connectivity index (χ1v) is 29.2. The Balaban J connectivity index is 0.911. The van der Waals surface area contributed by atoms with Crippen molar-refractivity contribution < 1.29 is 4.74 Å². The number of hydrogen-bond donors (Lipinski definition) is 0. The highest BCUT2D eigenvalue weighted by molar-refractivity contribution is 7.99. The molecule has 3 aliphatic heterocycles. The maximum absolute atomic E-state index is 6.69. The van der Waals surface area contributed by atoms with E-state index in [1.807, 2.05) is 23.5 Å². The molecule has 0 saturated carbocycles. The lowest BCUT2D eigenvalue weighted by atomic mass is 9.66. The smallest absolute Gasteiger partial charge is 0.132 e. The van der Waals surface area contributed by atoms with Gasteiger partial charge in [0.15, 0.2) is 0 Å². The summed E-state index contributed by atoms with van der Waals surface area (Å²) in [6.45, 7) is 7.46. The number of anilines is 2. The summed E-state index contributed by atoms with van der Waals surface area (Å²) in [5.74, 6) is 1.77. The van der Waals surface area contributed by atoms with E-state index in [-0.39, 0.29) is 0 Å². The molecule has 0 radical (unpaired) electrons. The monoisotopic (exact) mass is 1060 g/mol. The first kappa shape index (κ1) is 45.9. The molecule has 2 nitrogen and oxygen atoms in total. The maximum Gasteiger partial charge on any atom is 0.132 e. The van der Waals surface area contributed by atoms with Crippen molar-refractivity contribution in [3.8, 4) is 33.8 Å². The zero-order chi connectivity index (χ0) is 52.9. The minimum Gasteiger partial charge on any atom is -0.457 e. The predicted molar refractivity (Wildman–Crippen MR) is 328 cm³/mol. The highest BCUT2D eigenvalue weighted by Crippen LogP contribution is 2.66. The molecule has 17 rings (SSSR count). The number of nitrogens with zero attached hydrogens (tertiary/aromatic N) is 1. The molecule has 0 aromatic heterocycles. The van der Waals surface area contributed by atoms with E-state index in [1.54, 1.807) is 0 Å². The Morgan fingerprint density at radius 2 is 0.700 bits per heavy atom. The molecule has 3 aliphatic carbocycles. The van der Waals surface area contributed by atoms with Crippen molar-refractivity contribution in [3.63, 3.8) is 0 Å². The number of hydrogen-bond acceptors (Lipinski definition) is 4. The second-order valence-electron chi connectivity index (χ2n) is 21.8. The normalized spacial score (nSPS) is 15.8. The van der Waals surface area contributed by atoms with Gasteiger partial charge in [-0.2, -0.15) is 0 Å². The molecule has 0 N–H and O–H groups in total. The molecular weight excluding hydrogens is 1010 g/mol. The third-order valence-corrected chi connectivity index (χ3v) is 20.6. The molecule has 0 saturated heterocycles. The average Bonchev–Trinajstić information content (AvgIpc) is 4.18. The van der Waals surface area contributed by atoms with Crippen LogP contribution in [0.2, 0.25) is 0 Å². The molecule has 4 heteroatoms. The fourth-order valence-electron chi connectivity index (χ4n) is 15.3. The van der Waals surface area contributed by atoms with Crippen LogP contribution in [0.15, 0.2) is 304 Å². The largest absolute Gasteiger partial charge is 0.457 e. The average molecular weight is 1060 g/mol. The number of benzene rings is 11. The van der Waals surface area contributed by atoms with Crippen molar-refractivity contribution in [1.82, 2.24) is 0 Å². The van der Waals surface area contributed by atoms with Crippen LogP contribution in [0.1, 0.15) is 73.7 Å². The van der Waals surface area contributed by atoms with Crippen LogP contribution in [0.25, 0.3) is 27.8 Å². The molecule has 80 heavy (non-hydrogen) atoms. The molecule has 0 bridgehead atoms. The van der Waals surface area contributed by atoms with E-state index in [0.29, 0.717) is 0 Å². The predicted octanol–water partition coefficient (Wildman–Crippen LogP) is 19.5. The van der Waals surface area contributed by atoms with Gasteiger partial charge in [-0.25, -0.2) is 0 Å². The van der Waals surface area contributed by atoms with Gasteiger partial charge >= 0.3 is 0 Å². The minimum absolute atomic E-state index is 0.551. The lowest BCUT2D eigenvalue weighted by Gasteiger charge is -2.40. The Bertz CT molecular complexity index is 4260. The molecule has 0 unspecified atom stereocenters. The van der Waals surface area contributed by atoms with E-state index < -0.39 is 16.2 Å². The molecule has 3 heterocycles. The fraction of sp³-hybridized carbons (Fsp3) is 0.0526. The Labute approximate surface area is 475 Å². The van der Waals surface area contributed by atoms with Crippen molar-refractivity contribution >= 4 is 40.5 Å². The van der Waals surface area contributed by atoms with E-state index in [9.17, 15) is 0 Å². The van der Waals surface area contributed by atoms with Crippen molar-refractivity contribution in [1.29, 1.82) is 0 Å². The van der Waals surface area contributed by atoms with Gasteiger partial charge in [0, 0.05) is 47.8 Å². The second kappa shape index (κ2) is 17.0. The van der Waals surface area contributed by atoms with Crippen LogP contribution in [0.4, 0.5) is 11.4 Å². The highest BCUT2D eigenvalue weighted by Gasteiger charge is 2.53. The topological polar surface area (TPSA) is 12.5 Å². The molecule has 11 aromatic carbocycles. The molecule has 0 fully saturated rings. The van der Waals surface area contributed by atoms with Gasteiger partial charge in [-0.3, -0.25) is 0 Å². The lowest BCUT2D eigenvalue weighted by molar-refractivity contribution is 0.434. The van der Waals surface area contributed by atoms with E-state index in [2.05, 4.69) is 279 Å². The number of ether oxygens (including phenoxy) is 1. The third kappa shape index (κ3) is 5.86. The van der Waals surface area contributed by atoms with Crippen LogP contribution in [-0.4, -0.2) is 0 Å². The van der Waals surface area contributed by atoms with Crippen LogP contribution in [0.5, 0.6) is 11.5 Å². The van der Waals surface area contributed by atoms with Gasteiger partial charge in [0.2, 0.25) is 0 Å². The Hall–Kier alpha value is -9.06. The summed E-state index contributed by atoms with van der Waals surface area (Å²) >= 11 is 3.76. The van der Waals surface area contributed by atoms with Gasteiger partial charge in [0.25, 0.3) is 0 Å². The first-order valence-electron chi connectivity index (χ1n) is 27.6. The molecule has 376 valence electrons. The molecule has 0 atom stereocenters. The summed E-state index contributed by atoms with van der Waals surface area (Å²) < 4.78 is 6.69. The minimum atomic E-state index is -0.555. The number of fused-ring (bicyclic) bond motifs is 24. The van der Waals surface area contributed by atoms with Gasteiger partial charge < -0.3 is 9.64 Å². The van der Waals surface area contributed by atoms with Crippen LogP contribution < -0.4 is 9.64 Å². The van der Waals surface area contributed by atoms with Crippen molar-refractivity contribution in [2.24, 2.45) is 0 Å². The van der Waals surface area contributed by atoms with E-state index >= 15 is 0 Å². The van der Waals surface area contributed by atoms with Crippen LogP contribution >= 0.6 is 23.5 Å². The lowest BCUT2D eigenvalue weighted by Crippen LogP contribution is -2.32. The zero-order valence-corrected chi connectivity index (χ0v) is 45.4. The van der Waals surface area contributed by atoms with Crippen molar-refractivity contribution in [2.75, 3.05) is 4.90 Å². The van der Waals surface area contributed by atoms with Crippen LogP contribution in [-0.2, 0) is 16.2 Å². The summed E-state index contributed by atoms with van der Waals surface area (Å²) in [6, 6.07) is 95.1. The standard InChI is InChI=1S/C76H49NOS2/c1-47(39-42-51-48(2)74(57-24-6-3-21-52(51)57)60-27-9-15-33-68(60)78-69-34-16-10-28-61(69)74)77(49-40-43-55-53-22-4-7-25-58(53)75(66(55)45-49)62-29-11-17-35-70(62)79-71-36-18-12-30-63(71)75)50-41-44-56-54-23-5-8-26-59(54)76(67(56)46-50)64-31-13-19-37-72(64)80-73-38-20-14-32-65(73)76/h3-46H,1H2,2H3/b42-39-. The third-order valence-electron chi connectivity index (χ3n) is 18.3. The van der Waals surface area contributed by atoms with Gasteiger partial charge in [-0.15, -0.1) is 0 Å². The fourth-order valence-corrected chi connectivity index (χ4v) is 17.6. The Kier molecular flexibility index (Phi) is 9.74. The highest BCUT2D eigenvalue weighted by atomic mass is 32.2. The van der Waals surface area contributed by atoms with Crippen molar-refractivity contribution in [2.45, 2.75) is 42.8 Å². The molecule has 0 amide bonds. The quantitative estimate of drug-likeness (QED) is 0.159. The summed E-state index contributed by atoms with van der Waals surface area (Å²) in [4.78, 5) is 7.57. The molecular formula is C76H49NOS2. The maximum atomic E-state index is 6.69. The summed E-state index contributed by atoms with van der Waals surface area (Å²) in [7, 11) is 0. The molecule has 11 aromatic rings.